The quantitative estimate of drug-likeness (QED) is 0.820. The molecule has 1 aromatic rings. The predicted molar refractivity (Wildman–Crippen MR) is 70.0 cm³/mol. The van der Waals surface area contributed by atoms with Crippen molar-refractivity contribution in [2.24, 2.45) is 0 Å². The van der Waals surface area contributed by atoms with E-state index in [1.54, 1.807) is 6.07 Å². The SMILES string of the molecule is CN(C)CC1CCCN1c1ccc(C#N)c(F)c1. The third-order valence-corrected chi connectivity index (χ3v) is 3.36. The zero-order valence-corrected chi connectivity index (χ0v) is 10.9. The topological polar surface area (TPSA) is 30.3 Å². The fourth-order valence-corrected chi connectivity index (χ4v) is 2.56. The van der Waals surface area contributed by atoms with Crippen molar-refractivity contribution in [1.82, 2.24) is 4.90 Å². The van der Waals surface area contributed by atoms with Crippen molar-refractivity contribution in [2.45, 2.75) is 18.9 Å². The number of nitriles is 1. The van der Waals surface area contributed by atoms with Gasteiger partial charge >= 0.3 is 0 Å². The molecule has 0 aromatic heterocycles. The maximum absolute atomic E-state index is 13.6. The van der Waals surface area contributed by atoms with Gasteiger partial charge in [0.2, 0.25) is 0 Å². The van der Waals surface area contributed by atoms with E-state index in [4.69, 9.17) is 5.26 Å². The van der Waals surface area contributed by atoms with Crippen LogP contribution in [-0.4, -0.2) is 38.1 Å². The van der Waals surface area contributed by atoms with Gasteiger partial charge in [-0.05, 0) is 45.1 Å². The second kappa shape index (κ2) is 5.36. The number of benzene rings is 1. The molecule has 4 heteroatoms. The number of anilines is 1. The van der Waals surface area contributed by atoms with E-state index in [0.717, 1.165) is 31.6 Å². The summed E-state index contributed by atoms with van der Waals surface area (Å²) in [6.07, 6.45) is 2.28. The second-order valence-electron chi connectivity index (χ2n) is 5.03. The van der Waals surface area contributed by atoms with Crippen LogP contribution in [0.5, 0.6) is 0 Å². The fourth-order valence-electron chi connectivity index (χ4n) is 2.56. The van der Waals surface area contributed by atoms with Gasteiger partial charge in [-0.3, -0.25) is 0 Å². The minimum atomic E-state index is -0.425. The molecule has 0 saturated carbocycles. The number of hydrogen-bond acceptors (Lipinski definition) is 3. The number of hydrogen-bond donors (Lipinski definition) is 0. The van der Waals surface area contributed by atoms with E-state index in [1.807, 2.05) is 12.1 Å². The Morgan fingerprint density at radius 3 is 2.89 bits per heavy atom. The van der Waals surface area contributed by atoms with Crippen LogP contribution in [0.3, 0.4) is 0 Å². The summed E-state index contributed by atoms with van der Waals surface area (Å²) in [6.45, 7) is 1.94. The number of rotatable bonds is 3. The van der Waals surface area contributed by atoms with Crippen LogP contribution in [0.15, 0.2) is 18.2 Å². The van der Waals surface area contributed by atoms with Gasteiger partial charge in [-0.1, -0.05) is 0 Å². The molecule has 0 radical (unpaired) electrons. The summed E-state index contributed by atoms with van der Waals surface area (Å²) in [5.74, 6) is -0.425. The zero-order valence-electron chi connectivity index (χ0n) is 10.9. The van der Waals surface area contributed by atoms with Crippen molar-refractivity contribution in [3.05, 3.63) is 29.6 Å². The van der Waals surface area contributed by atoms with Gasteiger partial charge in [-0.15, -0.1) is 0 Å². The van der Waals surface area contributed by atoms with Crippen LogP contribution in [0, 0.1) is 17.1 Å². The maximum Gasteiger partial charge on any atom is 0.143 e. The van der Waals surface area contributed by atoms with E-state index in [1.165, 1.54) is 6.07 Å². The Labute approximate surface area is 107 Å². The molecular weight excluding hydrogens is 229 g/mol. The minimum absolute atomic E-state index is 0.113. The zero-order chi connectivity index (χ0) is 13.1. The fraction of sp³-hybridized carbons (Fsp3) is 0.500. The van der Waals surface area contributed by atoms with Crippen LogP contribution in [0.25, 0.3) is 0 Å². The molecule has 0 aliphatic carbocycles. The van der Waals surface area contributed by atoms with Crippen molar-refractivity contribution < 1.29 is 4.39 Å². The van der Waals surface area contributed by atoms with Gasteiger partial charge in [0.1, 0.15) is 11.9 Å². The highest BCUT2D eigenvalue weighted by Crippen LogP contribution is 2.27. The summed E-state index contributed by atoms with van der Waals surface area (Å²) < 4.78 is 13.6. The predicted octanol–water partition coefficient (Wildman–Crippen LogP) is 2.23. The number of nitrogens with zero attached hydrogens (tertiary/aromatic N) is 3. The van der Waals surface area contributed by atoms with E-state index >= 15 is 0 Å². The van der Waals surface area contributed by atoms with Crippen LogP contribution in [0.4, 0.5) is 10.1 Å². The standard InChI is InChI=1S/C14H18FN3/c1-17(2)10-13-4-3-7-18(13)12-6-5-11(9-16)14(15)8-12/h5-6,8,13H,3-4,7,10H2,1-2H3. The summed E-state index contributed by atoms with van der Waals surface area (Å²) in [5.41, 5.74) is 0.998. The Morgan fingerprint density at radius 2 is 2.28 bits per heavy atom. The van der Waals surface area contributed by atoms with Crippen molar-refractivity contribution in [3.63, 3.8) is 0 Å². The Bertz CT molecular complexity index is 465. The second-order valence-corrected chi connectivity index (χ2v) is 5.03. The normalized spacial score (nSPS) is 19.3. The van der Waals surface area contributed by atoms with Crippen LogP contribution in [-0.2, 0) is 0 Å². The smallest absolute Gasteiger partial charge is 0.143 e. The Balaban J connectivity index is 2.20. The lowest BCUT2D eigenvalue weighted by Gasteiger charge is -2.29. The first-order valence-corrected chi connectivity index (χ1v) is 6.23. The largest absolute Gasteiger partial charge is 0.367 e. The molecule has 1 aliphatic rings. The molecule has 1 unspecified atom stereocenters. The molecule has 0 amide bonds. The lowest BCUT2D eigenvalue weighted by atomic mass is 10.1. The van der Waals surface area contributed by atoms with E-state index in [-0.39, 0.29) is 5.56 Å². The van der Waals surface area contributed by atoms with Gasteiger partial charge in [0, 0.05) is 24.8 Å². The first-order valence-electron chi connectivity index (χ1n) is 6.23. The molecule has 1 aliphatic heterocycles. The van der Waals surface area contributed by atoms with E-state index in [9.17, 15) is 4.39 Å². The molecule has 18 heavy (non-hydrogen) atoms. The molecule has 1 fully saturated rings. The Kier molecular flexibility index (Phi) is 3.83. The molecule has 0 N–H and O–H groups in total. The van der Waals surface area contributed by atoms with Crippen molar-refractivity contribution in [3.8, 4) is 6.07 Å². The molecular formula is C14H18FN3. The molecule has 1 aromatic carbocycles. The summed E-state index contributed by atoms with van der Waals surface area (Å²) in [5, 5.41) is 8.74. The first kappa shape index (κ1) is 12.8. The highest BCUT2D eigenvalue weighted by molar-refractivity contribution is 5.52. The van der Waals surface area contributed by atoms with Gasteiger partial charge in [0.25, 0.3) is 0 Å². The average molecular weight is 247 g/mol. The third kappa shape index (κ3) is 2.62. The molecule has 3 nitrogen and oxygen atoms in total. The van der Waals surface area contributed by atoms with Crippen molar-refractivity contribution in [1.29, 1.82) is 5.26 Å². The van der Waals surface area contributed by atoms with Gasteiger partial charge in [-0.25, -0.2) is 4.39 Å². The molecule has 2 rings (SSSR count). The summed E-state index contributed by atoms with van der Waals surface area (Å²) >= 11 is 0. The van der Waals surface area contributed by atoms with Crippen LogP contribution in [0.2, 0.25) is 0 Å². The highest BCUT2D eigenvalue weighted by atomic mass is 19.1. The average Bonchev–Trinajstić information content (AvgIpc) is 2.76. The lowest BCUT2D eigenvalue weighted by molar-refractivity contribution is 0.372. The summed E-state index contributed by atoms with van der Waals surface area (Å²) in [4.78, 5) is 4.40. The van der Waals surface area contributed by atoms with Gasteiger partial charge in [0.05, 0.1) is 5.56 Å². The molecule has 1 saturated heterocycles. The van der Waals surface area contributed by atoms with Gasteiger partial charge < -0.3 is 9.80 Å². The van der Waals surface area contributed by atoms with E-state index in [0.29, 0.717) is 6.04 Å². The van der Waals surface area contributed by atoms with Gasteiger partial charge in [-0.2, -0.15) is 5.26 Å². The molecule has 0 bridgehead atoms. The van der Waals surface area contributed by atoms with Crippen molar-refractivity contribution >= 4 is 5.69 Å². The monoisotopic (exact) mass is 247 g/mol. The molecule has 0 spiro atoms. The molecule has 1 atom stereocenters. The van der Waals surface area contributed by atoms with Crippen LogP contribution < -0.4 is 4.90 Å². The summed E-state index contributed by atoms with van der Waals surface area (Å²) in [6, 6.07) is 7.18. The van der Waals surface area contributed by atoms with Crippen molar-refractivity contribution in [2.75, 3.05) is 32.1 Å². The number of halogens is 1. The molecule has 1 heterocycles. The van der Waals surface area contributed by atoms with Gasteiger partial charge in [0.15, 0.2) is 0 Å². The van der Waals surface area contributed by atoms with E-state index in [2.05, 4.69) is 23.9 Å². The highest BCUT2D eigenvalue weighted by Gasteiger charge is 2.25. The summed E-state index contributed by atoms with van der Waals surface area (Å²) in [7, 11) is 4.10. The first-order chi connectivity index (χ1) is 8.61. The Hall–Kier alpha value is -1.60. The van der Waals surface area contributed by atoms with Crippen LogP contribution in [0.1, 0.15) is 18.4 Å². The maximum atomic E-state index is 13.6. The Morgan fingerprint density at radius 1 is 1.50 bits per heavy atom. The van der Waals surface area contributed by atoms with E-state index < -0.39 is 5.82 Å². The lowest BCUT2D eigenvalue weighted by Crippen LogP contribution is -2.37. The van der Waals surface area contributed by atoms with Crippen LogP contribution >= 0.6 is 0 Å². The minimum Gasteiger partial charge on any atom is -0.367 e. The molecule has 96 valence electrons. The third-order valence-electron chi connectivity index (χ3n) is 3.36. The number of likely N-dealkylation sites (N-methyl/N-ethyl adjacent to an activating group) is 1.